The molecule has 0 radical (unpaired) electrons. The summed E-state index contributed by atoms with van der Waals surface area (Å²) in [5, 5.41) is 20.5. The summed E-state index contributed by atoms with van der Waals surface area (Å²) in [5.41, 5.74) is 0.897. The third-order valence-corrected chi connectivity index (χ3v) is 3.51. The van der Waals surface area contributed by atoms with Gasteiger partial charge in [0.05, 0.1) is 6.10 Å². The quantitative estimate of drug-likeness (QED) is 0.753. The number of aliphatic carboxylic acids is 1. The maximum Gasteiger partial charge on any atom is 0.328 e. The summed E-state index contributed by atoms with van der Waals surface area (Å²) >= 11 is 3.38. The molecule has 2 atom stereocenters. The second kappa shape index (κ2) is 7.25. The number of aliphatic hydroxyl groups excluding tert-OH is 1. The molecule has 0 bridgehead atoms. The molecule has 0 aliphatic rings. The second-order valence-corrected chi connectivity index (χ2v) is 5.31. The van der Waals surface area contributed by atoms with Crippen molar-refractivity contribution in [1.82, 2.24) is 10.2 Å². The molecule has 0 aliphatic heterocycles. The van der Waals surface area contributed by atoms with Crippen LogP contribution in [-0.4, -0.2) is 46.3 Å². The van der Waals surface area contributed by atoms with Crippen LogP contribution in [0.2, 0.25) is 0 Å². The number of aliphatic hydroxyl groups is 1. The van der Waals surface area contributed by atoms with Gasteiger partial charge in [0.2, 0.25) is 0 Å². The number of carboxylic acid groups (broad SMARTS) is 1. The van der Waals surface area contributed by atoms with E-state index in [0.717, 1.165) is 10.0 Å². The van der Waals surface area contributed by atoms with Crippen LogP contribution in [-0.2, 0) is 11.3 Å². The standard InChI is InChI=1S/C13H17BrN2O4/c1-8(17)11(12(18)19)15-13(20)16(2)7-9-5-3-4-6-10(9)14/h3-6,8,11,17H,7H2,1-2H3,(H,15,20)(H,18,19)/t8-,11+/m1/s1. The number of hydrogen-bond acceptors (Lipinski definition) is 3. The lowest BCUT2D eigenvalue weighted by molar-refractivity contribution is -0.141. The first-order valence-corrected chi connectivity index (χ1v) is 6.78. The van der Waals surface area contributed by atoms with E-state index in [-0.39, 0.29) is 0 Å². The molecule has 7 heteroatoms. The first kappa shape index (κ1) is 16.5. The fourth-order valence-electron chi connectivity index (χ4n) is 1.59. The number of halogens is 1. The number of carboxylic acids is 1. The smallest absolute Gasteiger partial charge is 0.328 e. The topological polar surface area (TPSA) is 89.9 Å². The van der Waals surface area contributed by atoms with E-state index < -0.39 is 24.1 Å². The second-order valence-electron chi connectivity index (χ2n) is 4.45. The minimum atomic E-state index is -1.33. The van der Waals surface area contributed by atoms with Gasteiger partial charge in [0, 0.05) is 18.1 Å². The van der Waals surface area contributed by atoms with E-state index in [0.29, 0.717) is 6.54 Å². The van der Waals surface area contributed by atoms with Gasteiger partial charge in [0.1, 0.15) is 0 Å². The normalized spacial score (nSPS) is 13.4. The van der Waals surface area contributed by atoms with Crippen LogP contribution < -0.4 is 5.32 Å². The van der Waals surface area contributed by atoms with Crippen LogP contribution in [0.1, 0.15) is 12.5 Å². The van der Waals surface area contributed by atoms with E-state index in [9.17, 15) is 14.7 Å². The Labute approximate surface area is 125 Å². The lowest BCUT2D eigenvalue weighted by Gasteiger charge is -2.23. The average Bonchev–Trinajstić information content (AvgIpc) is 2.37. The van der Waals surface area contributed by atoms with Crippen LogP contribution in [0.5, 0.6) is 0 Å². The predicted octanol–water partition coefficient (Wildman–Crippen LogP) is 1.42. The molecule has 110 valence electrons. The fraction of sp³-hybridized carbons (Fsp3) is 0.385. The molecule has 0 aromatic heterocycles. The van der Waals surface area contributed by atoms with Crippen molar-refractivity contribution in [2.45, 2.75) is 25.6 Å². The van der Waals surface area contributed by atoms with Gasteiger partial charge < -0.3 is 20.4 Å². The van der Waals surface area contributed by atoms with Gasteiger partial charge in [-0.3, -0.25) is 0 Å². The summed E-state index contributed by atoms with van der Waals surface area (Å²) in [6, 6.07) is 5.54. The highest BCUT2D eigenvalue weighted by Crippen LogP contribution is 2.17. The molecule has 1 aromatic carbocycles. The van der Waals surface area contributed by atoms with E-state index in [1.54, 1.807) is 7.05 Å². The Kier molecular flexibility index (Phi) is 5.97. The Balaban J connectivity index is 2.68. The third-order valence-electron chi connectivity index (χ3n) is 2.74. The zero-order valence-electron chi connectivity index (χ0n) is 11.2. The van der Waals surface area contributed by atoms with Crippen molar-refractivity contribution in [3.05, 3.63) is 34.3 Å². The zero-order valence-corrected chi connectivity index (χ0v) is 12.8. The van der Waals surface area contributed by atoms with Gasteiger partial charge in [-0.2, -0.15) is 0 Å². The Morgan fingerprint density at radius 3 is 2.50 bits per heavy atom. The number of urea groups is 1. The molecular weight excluding hydrogens is 328 g/mol. The van der Waals surface area contributed by atoms with Crippen molar-refractivity contribution in [2.75, 3.05) is 7.05 Å². The lowest BCUT2D eigenvalue weighted by atomic mass is 10.2. The van der Waals surface area contributed by atoms with Gasteiger partial charge >= 0.3 is 12.0 Å². The summed E-state index contributed by atoms with van der Waals surface area (Å²) in [6.07, 6.45) is -1.17. The molecule has 0 saturated heterocycles. The highest BCUT2D eigenvalue weighted by Gasteiger charge is 2.26. The van der Waals surface area contributed by atoms with Crippen LogP contribution in [0, 0.1) is 0 Å². The summed E-state index contributed by atoms with van der Waals surface area (Å²) in [7, 11) is 1.55. The first-order valence-electron chi connectivity index (χ1n) is 5.99. The molecule has 0 spiro atoms. The molecule has 0 unspecified atom stereocenters. The van der Waals surface area contributed by atoms with Crippen LogP contribution in [0.3, 0.4) is 0 Å². The number of carbonyl (C=O) groups excluding carboxylic acids is 1. The molecule has 0 aliphatic carbocycles. The average molecular weight is 345 g/mol. The number of nitrogens with zero attached hydrogens (tertiary/aromatic N) is 1. The van der Waals surface area contributed by atoms with Gasteiger partial charge in [-0.15, -0.1) is 0 Å². The molecule has 1 aromatic rings. The zero-order chi connectivity index (χ0) is 15.3. The molecule has 0 heterocycles. The largest absolute Gasteiger partial charge is 0.480 e. The lowest BCUT2D eigenvalue weighted by Crippen LogP contribution is -2.51. The first-order chi connectivity index (χ1) is 9.32. The number of carbonyl (C=O) groups is 2. The molecule has 0 fully saturated rings. The minimum absolute atomic E-state index is 0.319. The van der Waals surface area contributed by atoms with Gasteiger partial charge in [0.25, 0.3) is 0 Å². The minimum Gasteiger partial charge on any atom is -0.480 e. The number of amides is 2. The van der Waals surface area contributed by atoms with E-state index in [2.05, 4.69) is 21.2 Å². The fourth-order valence-corrected chi connectivity index (χ4v) is 2.00. The van der Waals surface area contributed by atoms with E-state index in [4.69, 9.17) is 5.11 Å². The van der Waals surface area contributed by atoms with Crippen LogP contribution in [0.25, 0.3) is 0 Å². The molecule has 6 nitrogen and oxygen atoms in total. The Bertz CT molecular complexity index is 493. The van der Waals surface area contributed by atoms with E-state index in [1.165, 1.54) is 11.8 Å². The highest BCUT2D eigenvalue weighted by atomic mass is 79.9. The number of hydrogen-bond donors (Lipinski definition) is 3. The van der Waals surface area contributed by atoms with Gasteiger partial charge in [0.15, 0.2) is 6.04 Å². The van der Waals surface area contributed by atoms with Crippen molar-refractivity contribution in [3.8, 4) is 0 Å². The summed E-state index contributed by atoms with van der Waals surface area (Å²) in [5.74, 6) is -1.28. The summed E-state index contributed by atoms with van der Waals surface area (Å²) in [4.78, 5) is 24.2. The van der Waals surface area contributed by atoms with Crippen LogP contribution in [0.4, 0.5) is 4.79 Å². The van der Waals surface area contributed by atoms with E-state index in [1.807, 2.05) is 24.3 Å². The predicted molar refractivity (Wildman–Crippen MR) is 77.2 cm³/mol. The molecule has 3 N–H and O–H groups in total. The van der Waals surface area contributed by atoms with Crippen LogP contribution in [0.15, 0.2) is 28.7 Å². The van der Waals surface area contributed by atoms with E-state index >= 15 is 0 Å². The Morgan fingerprint density at radius 2 is 2.00 bits per heavy atom. The summed E-state index contributed by atoms with van der Waals surface area (Å²) < 4.78 is 0.866. The maximum absolute atomic E-state index is 11.9. The van der Waals surface area contributed by atoms with Crippen molar-refractivity contribution >= 4 is 27.9 Å². The SMILES string of the molecule is C[C@@H](O)[C@H](NC(=O)N(C)Cc1ccccc1Br)C(=O)O. The van der Waals surface area contributed by atoms with Crippen molar-refractivity contribution in [3.63, 3.8) is 0 Å². The van der Waals surface area contributed by atoms with Crippen LogP contribution >= 0.6 is 15.9 Å². The van der Waals surface area contributed by atoms with Crippen molar-refractivity contribution in [2.24, 2.45) is 0 Å². The molecule has 1 rings (SSSR count). The molecule has 20 heavy (non-hydrogen) atoms. The highest BCUT2D eigenvalue weighted by molar-refractivity contribution is 9.10. The number of nitrogens with one attached hydrogen (secondary N) is 1. The monoisotopic (exact) mass is 344 g/mol. The van der Waals surface area contributed by atoms with Crippen molar-refractivity contribution < 1.29 is 19.8 Å². The van der Waals surface area contributed by atoms with Gasteiger partial charge in [-0.05, 0) is 18.6 Å². The molecule has 0 saturated carbocycles. The summed E-state index contributed by atoms with van der Waals surface area (Å²) in [6.45, 7) is 1.63. The van der Waals surface area contributed by atoms with Crippen molar-refractivity contribution in [1.29, 1.82) is 0 Å². The molecule has 2 amide bonds. The number of rotatable bonds is 5. The Hall–Kier alpha value is -1.60. The number of benzene rings is 1. The third kappa shape index (κ3) is 4.50. The van der Waals surface area contributed by atoms with Gasteiger partial charge in [-0.1, -0.05) is 34.1 Å². The van der Waals surface area contributed by atoms with Gasteiger partial charge in [-0.25, -0.2) is 9.59 Å². The molecular formula is C13H17BrN2O4. The Morgan fingerprint density at radius 1 is 1.40 bits per heavy atom. The maximum atomic E-state index is 11.9.